The highest BCUT2D eigenvalue weighted by Crippen LogP contribution is 2.36. The van der Waals surface area contributed by atoms with Crippen LogP contribution < -0.4 is 0 Å². The zero-order valence-corrected chi connectivity index (χ0v) is 18.3. The molecule has 158 valence electrons. The van der Waals surface area contributed by atoms with Crippen molar-refractivity contribution in [2.75, 3.05) is 0 Å². The van der Waals surface area contributed by atoms with Crippen LogP contribution in [0.25, 0.3) is 55.0 Å². The summed E-state index contributed by atoms with van der Waals surface area (Å²) in [6.45, 7) is 0. The molecule has 0 saturated heterocycles. The Morgan fingerprint density at radius 3 is 1.44 bits per heavy atom. The molecule has 7 rings (SSSR count). The third-order valence-corrected chi connectivity index (χ3v) is 6.75. The third kappa shape index (κ3) is 2.57. The predicted octanol–water partition coefficient (Wildman–Crippen LogP) is 7.75. The smallest absolute Gasteiger partial charge is 0.0991 e. The maximum atomic E-state index is 9.21. The van der Waals surface area contributed by atoms with Gasteiger partial charge >= 0.3 is 0 Å². The van der Waals surface area contributed by atoms with Crippen LogP contribution in [0.4, 0.5) is 0 Å². The van der Waals surface area contributed by atoms with Crippen molar-refractivity contribution >= 4 is 43.6 Å². The van der Waals surface area contributed by atoms with Gasteiger partial charge in [-0.25, -0.2) is 0 Å². The summed E-state index contributed by atoms with van der Waals surface area (Å²) in [5.41, 5.74) is 7.58. The minimum Gasteiger partial charge on any atom is -0.309 e. The van der Waals surface area contributed by atoms with E-state index in [1.165, 1.54) is 32.6 Å². The zero-order chi connectivity index (χ0) is 22.6. The SMILES string of the molecule is N#Cc1ccc(-n2c3ccccc3c3cc(-n4c5ccccc5c5ccccc54)ccc32)cc1. The van der Waals surface area contributed by atoms with E-state index in [0.29, 0.717) is 5.56 Å². The molecule has 0 fully saturated rings. The summed E-state index contributed by atoms with van der Waals surface area (Å²) in [5.74, 6) is 0. The van der Waals surface area contributed by atoms with Gasteiger partial charge in [0.15, 0.2) is 0 Å². The Hall–Kier alpha value is -4.81. The Kier molecular flexibility index (Phi) is 3.91. The molecule has 0 aliphatic rings. The Balaban J connectivity index is 1.55. The summed E-state index contributed by atoms with van der Waals surface area (Å²) >= 11 is 0. The van der Waals surface area contributed by atoms with Crippen LogP contribution in [0, 0.1) is 11.3 Å². The molecule has 0 N–H and O–H groups in total. The van der Waals surface area contributed by atoms with E-state index in [1.807, 2.05) is 24.3 Å². The minimum absolute atomic E-state index is 0.665. The molecule has 2 heterocycles. The first-order valence-corrected chi connectivity index (χ1v) is 11.4. The third-order valence-electron chi connectivity index (χ3n) is 6.75. The van der Waals surface area contributed by atoms with Crippen LogP contribution in [0.15, 0.2) is 115 Å². The highest BCUT2D eigenvalue weighted by Gasteiger charge is 2.15. The quantitative estimate of drug-likeness (QED) is 0.274. The van der Waals surface area contributed by atoms with Crippen LogP contribution in [-0.2, 0) is 0 Å². The molecule has 5 aromatic carbocycles. The lowest BCUT2D eigenvalue weighted by Crippen LogP contribution is -1.95. The van der Waals surface area contributed by atoms with Crippen molar-refractivity contribution in [2.24, 2.45) is 0 Å². The number of fused-ring (bicyclic) bond motifs is 6. The molecule has 0 aliphatic heterocycles. The first kappa shape index (κ1) is 18.7. The highest BCUT2D eigenvalue weighted by atomic mass is 15.0. The van der Waals surface area contributed by atoms with Crippen molar-refractivity contribution in [3.8, 4) is 17.4 Å². The summed E-state index contributed by atoms with van der Waals surface area (Å²) in [6, 6.07) is 42.5. The van der Waals surface area contributed by atoms with E-state index < -0.39 is 0 Å². The number of hydrogen-bond acceptors (Lipinski definition) is 1. The van der Waals surface area contributed by atoms with Crippen LogP contribution >= 0.6 is 0 Å². The number of nitrogens with zero attached hydrogens (tertiary/aromatic N) is 3. The van der Waals surface area contributed by atoms with Gasteiger partial charge in [-0.3, -0.25) is 0 Å². The largest absolute Gasteiger partial charge is 0.309 e. The average molecular weight is 434 g/mol. The van der Waals surface area contributed by atoms with Gasteiger partial charge < -0.3 is 9.13 Å². The topological polar surface area (TPSA) is 33.6 Å². The lowest BCUT2D eigenvalue weighted by Gasteiger charge is -2.10. The van der Waals surface area contributed by atoms with Crippen molar-refractivity contribution in [1.29, 1.82) is 5.26 Å². The van der Waals surface area contributed by atoms with E-state index >= 15 is 0 Å². The van der Waals surface area contributed by atoms with E-state index in [9.17, 15) is 5.26 Å². The minimum atomic E-state index is 0.665. The van der Waals surface area contributed by atoms with Gasteiger partial charge in [-0.05, 0) is 60.7 Å². The molecule has 0 spiro atoms. The molecule has 0 atom stereocenters. The van der Waals surface area contributed by atoms with Gasteiger partial charge in [0.05, 0.1) is 33.7 Å². The molecule has 0 bridgehead atoms. The second-order valence-corrected chi connectivity index (χ2v) is 8.58. The van der Waals surface area contributed by atoms with Crippen molar-refractivity contribution in [3.05, 3.63) is 121 Å². The van der Waals surface area contributed by atoms with Crippen LogP contribution in [-0.4, -0.2) is 9.13 Å². The molecule has 0 aliphatic carbocycles. The Labute approximate surface area is 196 Å². The Bertz CT molecular complexity index is 1860. The number of aromatic nitrogens is 2. The fraction of sp³-hybridized carbons (Fsp3) is 0. The lowest BCUT2D eigenvalue weighted by molar-refractivity contribution is 1.16. The summed E-state index contributed by atoms with van der Waals surface area (Å²) in [6.07, 6.45) is 0. The fourth-order valence-corrected chi connectivity index (χ4v) is 5.26. The maximum Gasteiger partial charge on any atom is 0.0991 e. The van der Waals surface area contributed by atoms with Gasteiger partial charge in [0.1, 0.15) is 0 Å². The molecule has 0 unspecified atom stereocenters. The molecule has 0 amide bonds. The molecule has 34 heavy (non-hydrogen) atoms. The summed E-state index contributed by atoms with van der Waals surface area (Å²) in [4.78, 5) is 0. The van der Waals surface area contributed by atoms with Crippen molar-refractivity contribution in [1.82, 2.24) is 9.13 Å². The number of benzene rings is 5. The van der Waals surface area contributed by atoms with E-state index in [2.05, 4.69) is 106 Å². The Morgan fingerprint density at radius 1 is 0.441 bits per heavy atom. The molecular weight excluding hydrogens is 414 g/mol. The summed E-state index contributed by atoms with van der Waals surface area (Å²) in [5, 5.41) is 14.2. The highest BCUT2D eigenvalue weighted by molar-refractivity contribution is 6.12. The van der Waals surface area contributed by atoms with Gasteiger partial charge in [0.2, 0.25) is 0 Å². The standard InChI is InChI=1S/C31H19N3/c32-20-21-13-15-22(16-14-21)33-30-12-6-3-9-26(30)27-19-23(17-18-31(27)33)34-28-10-4-1-7-24(28)25-8-2-5-11-29(25)34/h1-19H. The number of para-hydroxylation sites is 3. The molecule has 0 saturated carbocycles. The summed E-state index contributed by atoms with van der Waals surface area (Å²) in [7, 11) is 0. The average Bonchev–Trinajstić information content (AvgIpc) is 3.41. The predicted molar refractivity (Wildman–Crippen MR) is 140 cm³/mol. The second-order valence-electron chi connectivity index (χ2n) is 8.58. The number of rotatable bonds is 2. The van der Waals surface area contributed by atoms with E-state index in [-0.39, 0.29) is 0 Å². The maximum absolute atomic E-state index is 9.21. The van der Waals surface area contributed by atoms with Gasteiger partial charge in [0, 0.05) is 32.9 Å². The monoisotopic (exact) mass is 433 g/mol. The molecule has 0 radical (unpaired) electrons. The van der Waals surface area contributed by atoms with Crippen molar-refractivity contribution in [2.45, 2.75) is 0 Å². The first-order chi connectivity index (χ1) is 16.8. The van der Waals surface area contributed by atoms with Crippen LogP contribution in [0.3, 0.4) is 0 Å². The van der Waals surface area contributed by atoms with Gasteiger partial charge in [-0.2, -0.15) is 5.26 Å². The van der Waals surface area contributed by atoms with E-state index in [1.54, 1.807) is 0 Å². The van der Waals surface area contributed by atoms with Crippen molar-refractivity contribution < 1.29 is 0 Å². The van der Waals surface area contributed by atoms with E-state index in [0.717, 1.165) is 22.4 Å². The van der Waals surface area contributed by atoms with E-state index in [4.69, 9.17) is 0 Å². The summed E-state index contributed by atoms with van der Waals surface area (Å²) < 4.78 is 4.64. The molecule has 3 heteroatoms. The van der Waals surface area contributed by atoms with Gasteiger partial charge in [0.25, 0.3) is 0 Å². The number of hydrogen-bond donors (Lipinski definition) is 0. The normalized spacial score (nSPS) is 11.5. The zero-order valence-electron chi connectivity index (χ0n) is 18.3. The first-order valence-electron chi connectivity index (χ1n) is 11.4. The van der Waals surface area contributed by atoms with Crippen LogP contribution in [0.1, 0.15) is 5.56 Å². The molecular formula is C31H19N3. The molecule has 3 nitrogen and oxygen atoms in total. The van der Waals surface area contributed by atoms with Gasteiger partial charge in [-0.1, -0.05) is 54.6 Å². The Morgan fingerprint density at radius 2 is 0.882 bits per heavy atom. The van der Waals surface area contributed by atoms with Crippen LogP contribution in [0.5, 0.6) is 0 Å². The molecule has 7 aromatic rings. The van der Waals surface area contributed by atoms with Crippen molar-refractivity contribution in [3.63, 3.8) is 0 Å². The van der Waals surface area contributed by atoms with Crippen LogP contribution in [0.2, 0.25) is 0 Å². The fourth-order valence-electron chi connectivity index (χ4n) is 5.26. The van der Waals surface area contributed by atoms with Gasteiger partial charge in [-0.15, -0.1) is 0 Å². The molecule has 2 aromatic heterocycles. The lowest BCUT2D eigenvalue weighted by atomic mass is 10.1. The second kappa shape index (κ2) is 7.10. The number of nitriles is 1.